The summed E-state index contributed by atoms with van der Waals surface area (Å²) in [6.07, 6.45) is 1.17. The zero-order valence-corrected chi connectivity index (χ0v) is 19.4. The van der Waals surface area contributed by atoms with Crippen molar-refractivity contribution < 1.29 is 24.2 Å². The Labute approximate surface area is 193 Å². The summed E-state index contributed by atoms with van der Waals surface area (Å²) in [4.78, 5) is 38.4. The van der Waals surface area contributed by atoms with E-state index in [1.165, 1.54) is 32.4 Å². The van der Waals surface area contributed by atoms with Gasteiger partial charge in [0.25, 0.3) is 0 Å². The lowest BCUT2D eigenvalue weighted by Gasteiger charge is -2.36. The van der Waals surface area contributed by atoms with E-state index < -0.39 is 11.9 Å². The first kappa shape index (κ1) is 24.2. The lowest BCUT2D eigenvalue weighted by atomic mass is 9.85. The molecule has 1 fully saturated rings. The van der Waals surface area contributed by atoms with E-state index in [-0.39, 0.29) is 23.6 Å². The van der Waals surface area contributed by atoms with Crippen LogP contribution in [0.5, 0.6) is 11.5 Å². The molecule has 3 rings (SSSR count). The van der Waals surface area contributed by atoms with Crippen LogP contribution < -0.4 is 9.47 Å². The third-order valence-electron chi connectivity index (χ3n) is 6.16. The number of nitroso groups, excluding NO2 is 1. The summed E-state index contributed by atoms with van der Waals surface area (Å²) in [6.45, 7) is 5.65. The summed E-state index contributed by atoms with van der Waals surface area (Å²) in [6, 6.07) is 9.48. The van der Waals surface area contributed by atoms with Crippen molar-refractivity contribution >= 4 is 17.6 Å². The van der Waals surface area contributed by atoms with Gasteiger partial charge in [-0.25, -0.2) is 4.79 Å². The van der Waals surface area contributed by atoms with Gasteiger partial charge in [0, 0.05) is 43.1 Å². The fraction of sp³-hybridized carbons (Fsp3) is 0.440. The van der Waals surface area contributed by atoms with Crippen LogP contribution in [0.25, 0.3) is 0 Å². The topological polar surface area (TPSA) is 106 Å². The molecule has 0 aliphatic carbocycles. The maximum atomic E-state index is 13.4. The van der Waals surface area contributed by atoms with Crippen molar-refractivity contribution in [3.8, 4) is 11.5 Å². The van der Waals surface area contributed by atoms with Gasteiger partial charge in [-0.3, -0.25) is 4.79 Å². The second-order valence-electron chi connectivity index (χ2n) is 8.78. The third-order valence-corrected chi connectivity index (χ3v) is 6.16. The molecule has 3 atom stereocenters. The Morgan fingerprint density at radius 2 is 1.73 bits per heavy atom. The number of carbonyl (C=O) groups excluding carboxylic acids is 1. The molecular formula is C25H30N2O6. The highest BCUT2D eigenvalue weighted by Gasteiger charge is 2.31. The molecule has 176 valence electrons. The van der Waals surface area contributed by atoms with Gasteiger partial charge < -0.3 is 19.5 Å². The summed E-state index contributed by atoms with van der Waals surface area (Å²) in [5, 5.41) is 12.5. The second kappa shape index (κ2) is 10.5. The normalized spacial score (nSPS) is 19.0. The van der Waals surface area contributed by atoms with Gasteiger partial charge in [0.15, 0.2) is 0 Å². The maximum absolute atomic E-state index is 13.4. The lowest BCUT2D eigenvalue weighted by Crippen LogP contribution is -2.43. The molecule has 1 heterocycles. The number of hydrogen-bond acceptors (Lipinski definition) is 6. The van der Waals surface area contributed by atoms with E-state index >= 15 is 0 Å². The quantitative estimate of drug-likeness (QED) is 0.573. The number of carboxylic acid groups (broad SMARTS) is 1. The number of aromatic carboxylic acids is 1. The van der Waals surface area contributed by atoms with Crippen LogP contribution in [0.3, 0.4) is 0 Å². The molecule has 1 amide bonds. The minimum atomic E-state index is -1.04. The SMILES string of the molecule is COc1cc(N=O)c(C(CC(=O)N2C[C@H](C)C[C@H](C)C2)c2ccc(C(=O)O)cc2)c(OC)c1. The molecule has 0 spiro atoms. The molecule has 0 radical (unpaired) electrons. The van der Waals surface area contributed by atoms with E-state index in [0.29, 0.717) is 47.6 Å². The number of likely N-dealkylation sites (tertiary alicyclic amines) is 1. The van der Waals surface area contributed by atoms with Gasteiger partial charge in [0.2, 0.25) is 5.91 Å². The third kappa shape index (κ3) is 5.50. The second-order valence-corrected chi connectivity index (χ2v) is 8.78. The van der Waals surface area contributed by atoms with E-state index in [2.05, 4.69) is 19.0 Å². The molecule has 8 heteroatoms. The Morgan fingerprint density at radius 3 is 2.24 bits per heavy atom. The van der Waals surface area contributed by atoms with E-state index in [0.717, 1.165) is 6.42 Å². The number of piperidine rings is 1. The highest BCUT2D eigenvalue weighted by atomic mass is 16.5. The Hall–Kier alpha value is -3.42. The minimum absolute atomic E-state index is 0.0320. The highest BCUT2D eigenvalue weighted by Crippen LogP contribution is 2.44. The monoisotopic (exact) mass is 454 g/mol. The molecule has 2 aromatic rings. The molecule has 0 bridgehead atoms. The van der Waals surface area contributed by atoms with E-state index in [4.69, 9.17) is 9.47 Å². The van der Waals surface area contributed by atoms with Crippen LogP contribution in [-0.4, -0.2) is 49.2 Å². The summed E-state index contributed by atoms with van der Waals surface area (Å²) in [5.74, 6) is -0.0123. The summed E-state index contributed by atoms with van der Waals surface area (Å²) < 4.78 is 10.8. The van der Waals surface area contributed by atoms with Gasteiger partial charge in [0.05, 0.1) is 19.8 Å². The van der Waals surface area contributed by atoms with Crippen LogP contribution in [0.1, 0.15) is 54.1 Å². The smallest absolute Gasteiger partial charge is 0.335 e. The van der Waals surface area contributed by atoms with Crippen molar-refractivity contribution in [3.63, 3.8) is 0 Å². The van der Waals surface area contributed by atoms with Gasteiger partial charge in [-0.15, -0.1) is 4.91 Å². The zero-order valence-electron chi connectivity index (χ0n) is 19.4. The fourth-order valence-electron chi connectivity index (χ4n) is 4.71. The Morgan fingerprint density at radius 1 is 1.09 bits per heavy atom. The van der Waals surface area contributed by atoms with Gasteiger partial charge in [-0.1, -0.05) is 26.0 Å². The molecule has 0 saturated carbocycles. The Bertz CT molecular complexity index is 1010. The number of carbonyl (C=O) groups is 2. The van der Waals surface area contributed by atoms with Crippen molar-refractivity contribution in [2.75, 3.05) is 27.3 Å². The predicted molar refractivity (Wildman–Crippen MR) is 124 cm³/mol. The van der Waals surface area contributed by atoms with Crippen molar-refractivity contribution in [1.29, 1.82) is 0 Å². The molecule has 1 saturated heterocycles. The molecule has 1 N–H and O–H groups in total. The van der Waals surface area contributed by atoms with Crippen molar-refractivity contribution in [2.24, 2.45) is 17.0 Å². The van der Waals surface area contributed by atoms with E-state index in [1.54, 1.807) is 18.2 Å². The molecule has 1 aliphatic heterocycles. The number of amides is 1. The highest BCUT2D eigenvalue weighted by molar-refractivity contribution is 5.87. The van der Waals surface area contributed by atoms with Gasteiger partial charge in [0.1, 0.15) is 17.2 Å². The predicted octanol–water partition coefficient (Wildman–Crippen LogP) is 4.83. The number of ether oxygens (including phenoxy) is 2. The number of rotatable bonds is 8. The number of carboxylic acids is 1. The van der Waals surface area contributed by atoms with Crippen LogP contribution in [0.4, 0.5) is 5.69 Å². The van der Waals surface area contributed by atoms with Gasteiger partial charge >= 0.3 is 5.97 Å². The summed E-state index contributed by atoms with van der Waals surface area (Å²) in [5.41, 5.74) is 1.42. The molecule has 1 unspecified atom stereocenters. The minimum Gasteiger partial charge on any atom is -0.497 e. The Balaban J connectivity index is 2.07. The first-order valence-corrected chi connectivity index (χ1v) is 11.0. The standard InChI is InChI=1S/C25H30N2O6/c1-15-9-16(2)14-27(13-15)23(28)12-20(17-5-7-18(8-6-17)25(29)30)24-21(26-31)10-19(32-3)11-22(24)33-4/h5-8,10-11,15-16,20H,9,12-14H2,1-4H3,(H,29,30)/t15-,16+,20?. The van der Waals surface area contributed by atoms with Crippen LogP contribution >= 0.6 is 0 Å². The summed E-state index contributed by atoms with van der Waals surface area (Å²) in [7, 11) is 2.96. The van der Waals surface area contributed by atoms with Crippen LogP contribution in [0.15, 0.2) is 41.6 Å². The van der Waals surface area contributed by atoms with Crippen LogP contribution in [0.2, 0.25) is 0 Å². The van der Waals surface area contributed by atoms with E-state index in [9.17, 15) is 19.6 Å². The lowest BCUT2D eigenvalue weighted by molar-refractivity contribution is -0.134. The number of hydrogen-bond donors (Lipinski definition) is 1. The molecular weight excluding hydrogens is 424 g/mol. The number of nitrogens with zero attached hydrogens (tertiary/aromatic N) is 2. The first-order valence-electron chi connectivity index (χ1n) is 11.0. The van der Waals surface area contributed by atoms with Crippen molar-refractivity contribution in [3.05, 3.63) is 58.0 Å². The molecule has 0 aromatic heterocycles. The first-order chi connectivity index (χ1) is 15.8. The van der Waals surface area contributed by atoms with E-state index in [1.807, 2.05) is 4.90 Å². The molecule has 2 aromatic carbocycles. The largest absolute Gasteiger partial charge is 0.497 e. The molecule has 33 heavy (non-hydrogen) atoms. The van der Waals surface area contributed by atoms with Crippen molar-refractivity contribution in [2.45, 2.75) is 32.6 Å². The molecule has 1 aliphatic rings. The van der Waals surface area contributed by atoms with Crippen LogP contribution in [0, 0.1) is 16.7 Å². The zero-order chi connectivity index (χ0) is 24.1. The number of benzene rings is 2. The fourth-order valence-corrected chi connectivity index (χ4v) is 4.71. The van der Waals surface area contributed by atoms with Gasteiger partial charge in [-0.05, 0) is 41.1 Å². The number of methoxy groups -OCH3 is 2. The molecule has 8 nitrogen and oxygen atoms in total. The van der Waals surface area contributed by atoms with Crippen LogP contribution in [-0.2, 0) is 4.79 Å². The van der Waals surface area contributed by atoms with Gasteiger partial charge in [-0.2, -0.15) is 0 Å². The average molecular weight is 455 g/mol. The average Bonchev–Trinajstić information content (AvgIpc) is 2.81. The maximum Gasteiger partial charge on any atom is 0.335 e. The Kier molecular flexibility index (Phi) is 7.68. The summed E-state index contributed by atoms with van der Waals surface area (Å²) >= 11 is 0. The van der Waals surface area contributed by atoms with Crippen molar-refractivity contribution in [1.82, 2.24) is 4.90 Å².